The number of aryl methyl sites for hydroxylation is 1. The highest BCUT2D eigenvalue weighted by Crippen LogP contribution is 2.09. The molecule has 15 heavy (non-hydrogen) atoms. The number of aliphatic hydroxyl groups is 1. The van der Waals surface area contributed by atoms with Crippen LogP contribution in [0.4, 0.5) is 0 Å². The molecule has 0 saturated heterocycles. The van der Waals surface area contributed by atoms with Crippen molar-refractivity contribution in [3.05, 3.63) is 29.8 Å². The summed E-state index contributed by atoms with van der Waals surface area (Å²) in [5.74, 6) is -1.01. The number of primary amides is 1. The van der Waals surface area contributed by atoms with E-state index in [1.807, 2.05) is 19.1 Å². The van der Waals surface area contributed by atoms with E-state index in [2.05, 4.69) is 0 Å². The van der Waals surface area contributed by atoms with Crippen LogP contribution in [0.15, 0.2) is 29.2 Å². The highest BCUT2D eigenvalue weighted by molar-refractivity contribution is 7.85. The molecule has 82 valence electrons. The zero-order chi connectivity index (χ0) is 11.4. The summed E-state index contributed by atoms with van der Waals surface area (Å²) in [4.78, 5) is 11.1. The number of rotatable bonds is 4. The lowest BCUT2D eigenvalue weighted by atomic mass is 10.2. The van der Waals surface area contributed by atoms with Gasteiger partial charge in [-0.15, -0.1) is 0 Å². The maximum atomic E-state index is 11.6. The number of amides is 1. The number of carbonyl (C=O) groups is 1. The molecule has 0 aromatic heterocycles. The van der Waals surface area contributed by atoms with Gasteiger partial charge in [0.15, 0.2) is 0 Å². The van der Waals surface area contributed by atoms with Crippen LogP contribution >= 0.6 is 0 Å². The van der Waals surface area contributed by atoms with E-state index in [-0.39, 0.29) is 5.75 Å². The first-order valence-corrected chi connectivity index (χ1v) is 5.75. The first-order chi connectivity index (χ1) is 7.00. The number of hydrogen-bond donors (Lipinski definition) is 2. The minimum atomic E-state index is -1.39. The quantitative estimate of drug-likeness (QED) is 0.756. The summed E-state index contributed by atoms with van der Waals surface area (Å²) in [5.41, 5.74) is 5.92. The minimum Gasteiger partial charge on any atom is -0.382 e. The Morgan fingerprint density at radius 3 is 2.47 bits per heavy atom. The van der Waals surface area contributed by atoms with E-state index in [0.717, 1.165) is 5.56 Å². The Morgan fingerprint density at radius 1 is 1.47 bits per heavy atom. The number of aliphatic hydroxyl groups excluding tert-OH is 1. The van der Waals surface area contributed by atoms with E-state index in [1.165, 1.54) is 0 Å². The van der Waals surface area contributed by atoms with E-state index in [4.69, 9.17) is 10.8 Å². The van der Waals surface area contributed by atoms with Gasteiger partial charge in [0.05, 0.1) is 16.6 Å². The highest BCUT2D eigenvalue weighted by atomic mass is 32.2. The molecule has 2 atom stereocenters. The van der Waals surface area contributed by atoms with Crippen molar-refractivity contribution in [2.45, 2.75) is 17.9 Å². The Balaban J connectivity index is 2.69. The van der Waals surface area contributed by atoms with E-state index in [0.29, 0.717) is 4.90 Å². The van der Waals surface area contributed by atoms with Crippen LogP contribution in [0.25, 0.3) is 0 Å². The molecular weight excluding hydrogens is 214 g/mol. The van der Waals surface area contributed by atoms with Crippen LogP contribution in [0.1, 0.15) is 5.56 Å². The molecule has 1 amide bonds. The van der Waals surface area contributed by atoms with E-state index in [1.54, 1.807) is 12.1 Å². The fourth-order valence-corrected chi connectivity index (χ4v) is 2.09. The molecule has 5 heteroatoms. The Kier molecular flexibility index (Phi) is 3.99. The van der Waals surface area contributed by atoms with Gasteiger partial charge in [0, 0.05) is 4.90 Å². The SMILES string of the molecule is Cc1ccc([S@](=O)C[C@@H](O)C(N)=O)cc1. The molecular formula is C10H13NO3S. The van der Waals surface area contributed by atoms with Crippen molar-refractivity contribution in [3.63, 3.8) is 0 Å². The average Bonchev–Trinajstić information content (AvgIpc) is 2.18. The Hall–Kier alpha value is -1.20. The van der Waals surface area contributed by atoms with Gasteiger partial charge in [-0.05, 0) is 19.1 Å². The lowest BCUT2D eigenvalue weighted by Gasteiger charge is -2.06. The highest BCUT2D eigenvalue weighted by Gasteiger charge is 2.15. The second-order valence-electron chi connectivity index (χ2n) is 3.24. The van der Waals surface area contributed by atoms with Gasteiger partial charge >= 0.3 is 0 Å². The van der Waals surface area contributed by atoms with Crippen molar-refractivity contribution in [2.75, 3.05) is 5.75 Å². The van der Waals surface area contributed by atoms with Gasteiger partial charge < -0.3 is 10.8 Å². The zero-order valence-electron chi connectivity index (χ0n) is 8.34. The second-order valence-corrected chi connectivity index (χ2v) is 4.74. The summed E-state index contributed by atoms with van der Waals surface area (Å²) in [6, 6.07) is 7.06. The first kappa shape index (κ1) is 11.9. The molecule has 0 aliphatic rings. The maximum Gasteiger partial charge on any atom is 0.247 e. The largest absolute Gasteiger partial charge is 0.382 e. The van der Waals surface area contributed by atoms with Gasteiger partial charge in [-0.3, -0.25) is 9.00 Å². The van der Waals surface area contributed by atoms with E-state index >= 15 is 0 Å². The summed E-state index contributed by atoms with van der Waals surface area (Å²) >= 11 is 0. The van der Waals surface area contributed by atoms with Crippen molar-refractivity contribution in [1.82, 2.24) is 0 Å². The molecule has 1 aromatic carbocycles. The molecule has 0 radical (unpaired) electrons. The van der Waals surface area contributed by atoms with Gasteiger partial charge in [-0.2, -0.15) is 0 Å². The van der Waals surface area contributed by atoms with Crippen LogP contribution in [0.2, 0.25) is 0 Å². The number of nitrogens with two attached hydrogens (primary N) is 1. The fourth-order valence-electron chi connectivity index (χ4n) is 1.01. The third-order valence-corrected chi connectivity index (χ3v) is 3.34. The predicted octanol–water partition coefficient (Wildman–Crippen LogP) is -0.0512. The summed E-state index contributed by atoms with van der Waals surface area (Å²) in [7, 11) is -1.39. The first-order valence-electron chi connectivity index (χ1n) is 4.43. The van der Waals surface area contributed by atoms with Crippen LogP contribution < -0.4 is 5.73 Å². The third-order valence-electron chi connectivity index (χ3n) is 1.92. The van der Waals surface area contributed by atoms with Gasteiger partial charge in [-0.1, -0.05) is 17.7 Å². The molecule has 0 fully saturated rings. The summed E-state index contributed by atoms with van der Waals surface area (Å²) in [6.45, 7) is 1.92. The zero-order valence-corrected chi connectivity index (χ0v) is 9.16. The fraction of sp³-hybridized carbons (Fsp3) is 0.300. The van der Waals surface area contributed by atoms with Gasteiger partial charge in [0.1, 0.15) is 6.10 Å². The Bertz CT molecular complexity index is 375. The van der Waals surface area contributed by atoms with Crippen LogP contribution in [0.3, 0.4) is 0 Å². The van der Waals surface area contributed by atoms with Crippen LogP contribution in [0.5, 0.6) is 0 Å². The molecule has 0 heterocycles. The molecule has 0 saturated carbocycles. The molecule has 1 aromatic rings. The van der Waals surface area contributed by atoms with Gasteiger partial charge in [-0.25, -0.2) is 0 Å². The minimum absolute atomic E-state index is 0.154. The summed E-state index contributed by atoms with van der Waals surface area (Å²) < 4.78 is 11.6. The van der Waals surface area contributed by atoms with Crippen LogP contribution in [0, 0.1) is 6.92 Å². The van der Waals surface area contributed by atoms with E-state index in [9.17, 15) is 9.00 Å². The van der Waals surface area contributed by atoms with Crippen LogP contribution in [-0.4, -0.2) is 27.1 Å². The monoisotopic (exact) mass is 227 g/mol. The van der Waals surface area contributed by atoms with Gasteiger partial charge in [0.25, 0.3) is 0 Å². The normalized spacial score (nSPS) is 14.5. The standard InChI is InChI=1S/C10H13NO3S/c1-7-2-4-8(5-3-7)15(14)6-9(12)10(11)13/h2-5,9,12H,6H2,1H3,(H2,11,13)/t9-,15-/m1/s1. The van der Waals surface area contributed by atoms with E-state index < -0.39 is 22.8 Å². The number of benzene rings is 1. The van der Waals surface area contributed by atoms with Crippen molar-refractivity contribution in [1.29, 1.82) is 0 Å². The van der Waals surface area contributed by atoms with Gasteiger partial charge in [0.2, 0.25) is 5.91 Å². The molecule has 0 bridgehead atoms. The Morgan fingerprint density at radius 2 is 2.00 bits per heavy atom. The smallest absolute Gasteiger partial charge is 0.247 e. The lowest BCUT2D eigenvalue weighted by molar-refractivity contribution is -0.124. The molecule has 3 N–H and O–H groups in total. The number of hydrogen-bond acceptors (Lipinski definition) is 3. The lowest BCUT2D eigenvalue weighted by Crippen LogP contribution is -2.32. The number of carbonyl (C=O) groups excluding carboxylic acids is 1. The molecule has 4 nitrogen and oxygen atoms in total. The van der Waals surface area contributed by atoms with Crippen molar-refractivity contribution < 1.29 is 14.1 Å². The molecule has 0 aliphatic carbocycles. The van der Waals surface area contributed by atoms with Crippen molar-refractivity contribution in [2.24, 2.45) is 5.73 Å². The third kappa shape index (κ3) is 3.45. The van der Waals surface area contributed by atoms with Crippen LogP contribution in [-0.2, 0) is 15.6 Å². The second kappa shape index (κ2) is 5.04. The Labute approximate surface area is 90.6 Å². The maximum absolute atomic E-state index is 11.6. The molecule has 0 unspecified atom stereocenters. The summed E-state index contributed by atoms with van der Waals surface area (Å²) in [6.07, 6.45) is -1.35. The molecule has 0 spiro atoms. The van der Waals surface area contributed by atoms with Crippen molar-refractivity contribution >= 4 is 16.7 Å². The molecule has 0 aliphatic heterocycles. The summed E-state index contributed by atoms with van der Waals surface area (Å²) in [5, 5.41) is 9.15. The topological polar surface area (TPSA) is 80.4 Å². The predicted molar refractivity (Wildman–Crippen MR) is 57.7 cm³/mol. The average molecular weight is 227 g/mol. The molecule has 1 rings (SSSR count). The van der Waals surface area contributed by atoms with Crippen molar-refractivity contribution in [3.8, 4) is 0 Å².